The standard InChI is InChI=1S/C8H8N2O3/c1-6(4-9)7(11)13-8(2,5-10)12-3/h1H2,2-3H3. The van der Waals surface area contributed by atoms with Crippen molar-refractivity contribution in [3.8, 4) is 12.1 Å². The van der Waals surface area contributed by atoms with Crippen molar-refractivity contribution in [3.63, 3.8) is 0 Å². The maximum absolute atomic E-state index is 10.9. The quantitative estimate of drug-likeness (QED) is 0.273. The molecule has 0 saturated carbocycles. The van der Waals surface area contributed by atoms with E-state index < -0.39 is 11.8 Å². The SMILES string of the molecule is C=C(C#N)C(=O)OC(C)(C#N)OC. The Morgan fingerprint density at radius 1 is 1.54 bits per heavy atom. The summed E-state index contributed by atoms with van der Waals surface area (Å²) in [6.45, 7) is 4.38. The highest BCUT2D eigenvalue weighted by molar-refractivity contribution is 5.92. The monoisotopic (exact) mass is 180 g/mol. The fourth-order valence-corrected chi connectivity index (χ4v) is 0.394. The molecule has 0 aliphatic carbocycles. The molecule has 0 saturated heterocycles. The smallest absolute Gasteiger partial charge is 0.351 e. The Balaban J connectivity index is 4.48. The minimum absolute atomic E-state index is 0.376. The highest BCUT2D eigenvalue weighted by Gasteiger charge is 2.29. The van der Waals surface area contributed by atoms with Crippen LogP contribution in [0.25, 0.3) is 0 Å². The first-order valence-corrected chi connectivity index (χ1v) is 3.28. The van der Waals surface area contributed by atoms with E-state index in [1.165, 1.54) is 20.1 Å². The summed E-state index contributed by atoms with van der Waals surface area (Å²) in [6, 6.07) is 3.12. The largest absolute Gasteiger partial charge is 0.415 e. The molecule has 0 aromatic heterocycles. The van der Waals surface area contributed by atoms with Crippen LogP contribution in [0.1, 0.15) is 6.92 Å². The molecule has 0 aliphatic heterocycles. The predicted octanol–water partition coefficient (Wildman–Crippen LogP) is 0.496. The number of carbonyl (C=O) groups excluding carboxylic acids is 1. The van der Waals surface area contributed by atoms with Crippen molar-refractivity contribution in [2.24, 2.45) is 0 Å². The Morgan fingerprint density at radius 2 is 2.08 bits per heavy atom. The van der Waals surface area contributed by atoms with Crippen LogP contribution in [0.3, 0.4) is 0 Å². The molecule has 0 fully saturated rings. The number of hydrogen-bond donors (Lipinski definition) is 0. The molecule has 0 heterocycles. The minimum Gasteiger partial charge on any atom is -0.415 e. The zero-order valence-corrected chi connectivity index (χ0v) is 7.33. The van der Waals surface area contributed by atoms with Gasteiger partial charge < -0.3 is 9.47 Å². The van der Waals surface area contributed by atoms with Crippen LogP contribution in [0.4, 0.5) is 0 Å². The Labute approximate surface area is 75.8 Å². The lowest BCUT2D eigenvalue weighted by molar-refractivity contribution is -0.186. The second-order valence-electron chi connectivity index (χ2n) is 2.24. The fourth-order valence-electron chi connectivity index (χ4n) is 0.394. The highest BCUT2D eigenvalue weighted by atomic mass is 16.7. The molecule has 13 heavy (non-hydrogen) atoms. The van der Waals surface area contributed by atoms with Crippen LogP contribution in [-0.2, 0) is 14.3 Å². The molecule has 68 valence electrons. The first-order valence-electron chi connectivity index (χ1n) is 3.28. The van der Waals surface area contributed by atoms with Crippen molar-refractivity contribution >= 4 is 5.97 Å². The number of ether oxygens (including phenoxy) is 2. The van der Waals surface area contributed by atoms with Crippen molar-refractivity contribution in [1.82, 2.24) is 0 Å². The molecule has 0 bridgehead atoms. The van der Waals surface area contributed by atoms with Crippen LogP contribution in [0.15, 0.2) is 12.2 Å². The van der Waals surface area contributed by atoms with Gasteiger partial charge in [-0.2, -0.15) is 10.5 Å². The number of nitrogens with zero attached hydrogens (tertiary/aromatic N) is 2. The molecular weight excluding hydrogens is 172 g/mol. The average Bonchev–Trinajstić information content (AvgIpc) is 2.16. The van der Waals surface area contributed by atoms with Crippen LogP contribution in [0, 0.1) is 22.7 Å². The van der Waals surface area contributed by atoms with E-state index in [0.717, 1.165) is 0 Å². The van der Waals surface area contributed by atoms with Crippen LogP contribution in [0.2, 0.25) is 0 Å². The summed E-state index contributed by atoms with van der Waals surface area (Å²) in [5.41, 5.74) is -0.376. The van der Waals surface area contributed by atoms with Gasteiger partial charge in [-0.3, -0.25) is 0 Å². The summed E-state index contributed by atoms with van der Waals surface area (Å²) in [5.74, 6) is -2.63. The van der Waals surface area contributed by atoms with E-state index in [2.05, 4.69) is 16.1 Å². The first kappa shape index (κ1) is 11.2. The van der Waals surface area contributed by atoms with E-state index in [4.69, 9.17) is 10.5 Å². The highest BCUT2D eigenvalue weighted by Crippen LogP contribution is 2.11. The number of carbonyl (C=O) groups is 1. The van der Waals surface area contributed by atoms with Crippen LogP contribution >= 0.6 is 0 Å². The molecule has 0 N–H and O–H groups in total. The second-order valence-corrected chi connectivity index (χ2v) is 2.24. The van der Waals surface area contributed by atoms with Gasteiger partial charge in [0.1, 0.15) is 17.7 Å². The lowest BCUT2D eigenvalue weighted by atomic mass is 10.3. The number of esters is 1. The summed E-state index contributed by atoms with van der Waals surface area (Å²) >= 11 is 0. The third kappa shape index (κ3) is 2.94. The molecule has 0 aromatic rings. The predicted molar refractivity (Wildman–Crippen MR) is 41.9 cm³/mol. The van der Waals surface area contributed by atoms with Gasteiger partial charge in [0.2, 0.25) is 0 Å². The molecule has 0 rings (SSSR count). The van der Waals surface area contributed by atoms with Gasteiger partial charge in [-0.15, -0.1) is 0 Å². The van der Waals surface area contributed by atoms with Crippen molar-refractivity contribution in [1.29, 1.82) is 10.5 Å². The fraction of sp³-hybridized carbons (Fsp3) is 0.375. The van der Waals surface area contributed by atoms with E-state index in [0.29, 0.717) is 0 Å². The van der Waals surface area contributed by atoms with Gasteiger partial charge >= 0.3 is 5.97 Å². The molecule has 0 aliphatic rings. The summed E-state index contributed by atoms with van der Waals surface area (Å²) in [6.07, 6.45) is 0. The summed E-state index contributed by atoms with van der Waals surface area (Å²) in [7, 11) is 1.21. The number of hydrogen-bond acceptors (Lipinski definition) is 5. The van der Waals surface area contributed by atoms with Crippen LogP contribution in [0.5, 0.6) is 0 Å². The first-order chi connectivity index (χ1) is 5.99. The molecule has 0 radical (unpaired) electrons. The molecule has 1 atom stereocenters. The zero-order valence-electron chi connectivity index (χ0n) is 7.33. The number of rotatable bonds is 3. The summed E-state index contributed by atoms with van der Waals surface area (Å²) in [4.78, 5) is 10.9. The van der Waals surface area contributed by atoms with Crippen LogP contribution < -0.4 is 0 Å². The van der Waals surface area contributed by atoms with E-state index in [-0.39, 0.29) is 5.57 Å². The molecule has 1 unspecified atom stereocenters. The maximum atomic E-state index is 10.9. The Hall–Kier alpha value is -1.85. The van der Waals surface area contributed by atoms with Gasteiger partial charge in [-0.25, -0.2) is 4.79 Å². The number of methoxy groups -OCH3 is 1. The van der Waals surface area contributed by atoms with Gasteiger partial charge in [-0.05, 0) is 0 Å². The Morgan fingerprint density at radius 3 is 2.38 bits per heavy atom. The number of nitriles is 2. The van der Waals surface area contributed by atoms with Gasteiger partial charge in [0.05, 0.1) is 0 Å². The van der Waals surface area contributed by atoms with E-state index in [1.54, 1.807) is 6.07 Å². The van der Waals surface area contributed by atoms with Crippen molar-refractivity contribution < 1.29 is 14.3 Å². The molecule has 5 heteroatoms. The Bertz CT molecular complexity index is 310. The van der Waals surface area contributed by atoms with E-state index in [9.17, 15) is 4.79 Å². The minimum atomic E-state index is -1.67. The lowest BCUT2D eigenvalue weighted by Gasteiger charge is -2.18. The molecule has 0 spiro atoms. The summed E-state index contributed by atoms with van der Waals surface area (Å²) in [5, 5.41) is 16.8. The second kappa shape index (κ2) is 4.24. The Kier molecular flexibility index (Phi) is 3.64. The molecule has 0 amide bonds. The van der Waals surface area contributed by atoms with Crippen molar-refractivity contribution in [2.75, 3.05) is 7.11 Å². The van der Waals surface area contributed by atoms with Gasteiger partial charge in [0, 0.05) is 14.0 Å². The van der Waals surface area contributed by atoms with Crippen molar-refractivity contribution in [2.45, 2.75) is 12.7 Å². The van der Waals surface area contributed by atoms with E-state index in [1.807, 2.05) is 0 Å². The zero-order chi connectivity index (χ0) is 10.5. The van der Waals surface area contributed by atoms with Gasteiger partial charge in [-0.1, -0.05) is 6.58 Å². The third-order valence-electron chi connectivity index (χ3n) is 1.26. The lowest BCUT2D eigenvalue weighted by Crippen LogP contribution is -2.32. The molecular formula is C8H8N2O3. The molecule has 0 aromatic carbocycles. The third-order valence-corrected chi connectivity index (χ3v) is 1.26. The average molecular weight is 180 g/mol. The topological polar surface area (TPSA) is 83.1 Å². The normalized spacial score (nSPS) is 13.2. The van der Waals surface area contributed by atoms with Crippen LogP contribution in [-0.4, -0.2) is 18.9 Å². The van der Waals surface area contributed by atoms with Gasteiger partial charge in [0.15, 0.2) is 0 Å². The summed E-state index contributed by atoms with van der Waals surface area (Å²) < 4.78 is 9.14. The van der Waals surface area contributed by atoms with E-state index >= 15 is 0 Å². The molecule has 5 nitrogen and oxygen atoms in total. The van der Waals surface area contributed by atoms with Crippen molar-refractivity contribution in [3.05, 3.63) is 12.2 Å². The van der Waals surface area contributed by atoms with Gasteiger partial charge in [0.25, 0.3) is 5.79 Å². The maximum Gasteiger partial charge on any atom is 0.351 e.